The summed E-state index contributed by atoms with van der Waals surface area (Å²) in [5.41, 5.74) is 0.647. The molecule has 1 rings (SSSR count). The number of alkyl halides is 1. The van der Waals surface area contributed by atoms with Crippen molar-refractivity contribution >= 4 is 15.9 Å². The molecule has 0 aromatic rings. The van der Waals surface area contributed by atoms with Crippen LogP contribution in [0.1, 0.15) is 65.2 Å². The predicted octanol–water partition coefficient (Wildman–Crippen LogP) is 4.91. The zero-order valence-corrected chi connectivity index (χ0v) is 10.7. The van der Waals surface area contributed by atoms with Crippen LogP contribution < -0.4 is 0 Å². The summed E-state index contributed by atoms with van der Waals surface area (Å²) < 4.78 is 0. The van der Waals surface area contributed by atoms with Crippen molar-refractivity contribution in [2.24, 2.45) is 5.41 Å². The van der Waals surface area contributed by atoms with E-state index in [1.165, 1.54) is 51.4 Å². The van der Waals surface area contributed by atoms with E-state index in [1.54, 1.807) is 0 Å². The van der Waals surface area contributed by atoms with E-state index in [1.807, 2.05) is 0 Å². The molecule has 1 unspecified atom stereocenters. The fourth-order valence-corrected chi connectivity index (χ4v) is 3.32. The predicted molar refractivity (Wildman–Crippen MR) is 63.4 cm³/mol. The summed E-state index contributed by atoms with van der Waals surface area (Å²) >= 11 is 3.82. The molecule has 1 aliphatic rings. The first-order chi connectivity index (χ1) is 6.21. The molecule has 0 amide bonds. The number of halogens is 1. The van der Waals surface area contributed by atoms with Gasteiger partial charge in [0.25, 0.3) is 0 Å². The molecule has 0 nitrogen and oxygen atoms in total. The topological polar surface area (TPSA) is 0 Å². The van der Waals surface area contributed by atoms with Gasteiger partial charge in [-0.05, 0) is 24.7 Å². The van der Waals surface area contributed by atoms with Gasteiger partial charge in [0, 0.05) is 4.83 Å². The van der Waals surface area contributed by atoms with Crippen LogP contribution in [0.2, 0.25) is 0 Å². The van der Waals surface area contributed by atoms with Crippen molar-refractivity contribution < 1.29 is 0 Å². The third kappa shape index (κ3) is 2.97. The highest BCUT2D eigenvalue weighted by molar-refractivity contribution is 9.09. The molecule has 0 heterocycles. The van der Waals surface area contributed by atoms with Gasteiger partial charge in [-0.25, -0.2) is 0 Å². The van der Waals surface area contributed by atoms with E-state index in [0.29, 0.717) is 10.2 Å². The van der Waals surface area contributed by atoms with Crippen LogP contribution >= 0.6 is 15.9 Å². The summed E-state index contributed by atoms with van der Waals surface area (Å²) in [4.78, 5) is 0.715. The van der Waals surface area contributed by atoms with Crippen LogP contribution in [0.5, 0.6) is 0 Å². The van der Waals surface area contributed by atoms with Crippen LogP contribution in [-0.2, 0) is 0 Å². The maximum absolute atomic E-state index is 3.82. The van der Waals surface area contributed by atoms with Crippen LogP contribution in [0, 0.1) is 5.41 Å². The highest BCUT2D eigenvalue weighted by Crippen LogP contribution is 2.45. The minimum absolute atomic E-state index is 0.647. The van der Waals surface area contributed by atoms with Crippen molar-refractivity contribution in [1.29, 1.82) is 0 Å². The van der Waals surface area contributed by atoms with Crippen LogP contribution in [0.3, 0.4) is 0 Å². The standard InChI is InChI=1S/C12H23Br/c1-3-4-8-12(11(2)13)9-6-5-7-10-12/h11H,3-10H2,1-2H3. The number of hydrogen-bond donors (Lipinski definition) is 0. The van der Waals surface area contributed by atoms with Crippen molar-refractivity contribution in [3.8, 4) is 0 Å². The lowest BCUT2D eigenvalue weighted by Gasteiger charge is -2.40. The molecule has 1 heteroatoms. The van der Waals surface area contributed by atoms with Gasteiger partial charge in [-0.1, -0.05) is 61.9 Å². The van der Waals surface area contributed by atoms with Crippen LogP contribution in [0.15, 0.2) is 0 Å². The normalized spacial score (nSPS) is 24.2. The fraction of sp³-hybridized carbons (Fsp3) is 1.00. The smallest absolute Gasteiger partial charge is 0.0173 e. The second-order valence-corrected chi connectivity index (χ2v) is 6.02. The molecule has 78 valence electrons. The summed E-state index contributed by atoms with van der Waals surface area (Å²) in [6.45, 7) is 4.65. The quantitative estimate of drug-likeness (QED) is 0.619. The lowest BCUT2D eigenvalue weighted by Crippen LogP contribution is -2.31. The molecule has 1 saturated carbocycles. The number of rotatable bonds is 4. The maximum atomic E-state index is 3.82. The number of unbranched alkanes of at least 4 members (excludes halogenated alkanes) is 1. The lowest BCUT2D eigenvalue weighted by molar-refractivity contribution is 0.171. The van der Waals surface area contributed by atoms with E-state index < -0.39 is 0 Å². The monoisotopic (exact) mass is 246 g/mol. The van der Waals surface area contributed by atoms with E-state index in [-0.39, 0.29) is 0 Å². The number of hydrogen-bond acceptors (Lipinski definition) is 0. The van der Waals surface area contributed by atoms with Gasteiger partial charge >= 0.3 is 0 Å². The highest BCUT2D eigenvalue weighted by Gasteiger charge is 2.35. The highest BCUT2D eigenvalue weighted by atomic mass is 79.9. The van der Waals surface area contributed by atoms with Crippen LogP contribution in [0.4, 0.5) is 0 Å². The molecule has 0 aromatic heterocycles. The average Bonchev–Trinajstić information content (AvgIpc) is 2.16. The Morgan fingerprint density at radius 3 is 2.31 bits per heavy atom. The molecule has 0 radical (unpaired) electrons. The minimum Gasteiger partial charge on any atom is -0.0888 e. The van der Waals surface area contributed by atoms with E-state index >= 15 is 0 Å². The Kier molecular flexibility index (Phi) is 4.78. The van der Waals surface area contributed by atoms with Gasteiger partial charge < -0.3 is 0 Å². The molecule has 0 spiro atoms. The molecule has 0 aromatic carbocycles. The fourth-order valence-electron chi connectivity index (χ4n) is 2.63. The Balaban J connectivity index is 2.51. The molecule has 1 atom stereocenters. The molecule has 0 N–H and O–H groups in total. The molecule has 0 aliphatic heterocycles. The van der Waals surface area contributed by atoms with Crippen molar-refractivity contribution in [2.75, 3.05) is 0 Å². The van der Waals surface area contributed by atoms with Crippen molar-refractivity contribution in [3.63, 3.8) is 0 Å². The van der Waals surface area contributed by atoms with Crippen molar-refractivity contribution in [2.45, 2.75) is 70.0 Å². The second-order valence-electron chi connectivity index (χ2n) is 4.64. The molecule has 1 aliphatic carbocycles. The van der Waals surface area contributed by atoms with E-state index in [9.17, 15) is 0 Å². The summed E-state index contributed by atoms with van der Waals surface area (Å²) in [6.07, 6.45) is 11.5. The zero-order valence-electron chi connectivity index (χ0n) is 9.11. The molecule has 0 saturated heterocycles. The van der Waals surface area contributed by atoms with Crippen molar-refractivity contribution in [3.05, 3.63) is 0 Å². The Bertz CT molecular complexity index is 134. The maximum Gasteiger partial charge on any atom is 0.0173 e. The summed E-state index contributed by atoms with van der Waals surface area (Å²) in [5, 5.41) is 0. The van der Waals surface area contributed by atoms with Gasteiger partial charge in [-0.15, -0.1) is 0 Å². The SMILES string of the molecule is CCCCC1(C(C)Br)CCCCC1. The molecule has 13 heavy (non-hydrogen) atoms. The van der Waals surface area contributed by atoms with Crippen LogP contribution in [-0.4, -0.2) is 4.83 Å². The van der Waals surface area contributed by atoms with E-state index in [4.69, 9.17) is 0 Å². The summed E-state index contributed by atoms with van der Waals surface area (Å²) in [6, 6.07) is 0. The lowest BCUT2D eigenvalue weighted by atomic mass is 9.69. The Hall–Kier alpha value is 0.480. The third-order valence-corrected chi connectivity index (χ3v) is 4.69. The molecular formula is C12H23Br. The first-order valence-electron chi connectivity index (χ1n) is 5.85. The largest absolute Gasteiger partial charge is 0.0888 e. The molecule has 1 fully saturated rings. The van der Waals surface area contributed by atoms with Gasteiger partial charge in [0.1, 0.15) is 0 Å². The zero-order chi connectivity index (χ0) is 9.73. The first-order valence-corrected chi connectivity index (χ1v) is 6.77. The van der Waals surface area contributed by atoms with E-state index in [2.05, 4.69) is 29.8 Å². The molecule has 0 bridgehead atoms. The van der Waals surface area contributed by atoms with Gasteiger partial charge in [0.05, 0.1) is 0 Å². The summed E-state index contributed by atoms with van der Waals surface area (Å²) in [7, 11) is 0. The minimum atomic E-state index is 0.647. The van der Waals surface area contributed by atoms with Gasteiger partial charge in [-0.2, -0.15) is 0 Å². The Labute approximate surface area is 91.6 Å². The third-order valence-electron chi connectivity index (χ3n) is 3.72. The molecular weight excluding hydrogens is 224 g/mol. The first kappa shape index (κ1) is 11.6. The van der Waals surface area contributed by atoms with E-state index in [0.717, 1.165) is 0 Å². The second kappa shape index (κ2) is 5.38. The average molecular weight is 247 g/mol. The van der Waals surface area contributed by atoms with Gasteiger partial charge in [0.15, 0.2) is 0 Å². The Morgan fingerprint density at radius 1 is 1.23 bits per heavy atom. The van der Waals surface area contributed by atoms with Crippen molar-refractivity contribution in [1.82, 2.24) is 0 Å². The summed E-state index contributed by atoms with van der Waals surface area (Å²) in [5.74, 6) is 0. The Morgan fingerprint density at radius 2 is 1.85 bits per heavy atom. The van der Waals surface area contributed by atoms with Gasteiger partial charge in [0.2, 0.25) is 0 Å². The van der Waals surface area contributed by atoms with Crippen LogP contribution in [0.25, 0.3) is 0 Å². The van der Waals surface area contributed by atoms with Gasteiger partial charge in [-0.3, -0.25) is 0 Å².